The topological polar surface area (TPSA) is 41.8 Å². The SMILES string of the molecule is COc1cccc(C=Nc2cc(F)ccc2Cl)c1O. The van der Waals surface area contributed by atoms with Gasteiger partial charge >= 0.3 is 0 Å². The quantitative estimate of drug-likeness (QED) is 0.865. The first kappa shape index (κ1) is 13.4. The van der Waals surface area contributed by atoms with Crippen molar-refractivity contribution < 1.29 is 14.2 Å². The highest BCUT2D eigenvalue weighted by Crippen LogP contribution is 2.30. The van der Waals surface area contributed by atoms with Gasteiger partial charge in [-0.3, -0.25) is 4.99 Å². The minimum absolute atomic E-state index is 0.0266. The monoisotopic (exact) mass is 279 g/mol. The van der Waals surface area contributed by atoms with Crippen molar-refractivity contribution in [2.24, 2.45) is 4.99 Å². The van der Waals surface area contributed by atoms with Crippen LogP contribution in [-0.2, 0) is 0 Å². The van der Waals surface area contributed by atoms with Crippen LogP contribution < -0.4 is 4.74 Å². The molecule has 0 atom stereocenters. The van der Waals surface area contributed by atoms with Crippen LogP contribution >= 0.6 is 11.6 Å². The molecule has 19 heavy (non-hydrogen) atoms. The molecule has 0 unspecified atom stereocenters. The molecule has 0 bridgehead atoms. The average Bonchev–Trinajstić information content (AvgIpc) is 2.41. The molecule has 0 saturated heterocycles. The van der Waals surface area contributed by atoms with Crippen LogP contribution in [0.15, 0.2) is 41.4 Å². The van der Waals surface area contributed by atoms with Crippen LogP contribution in [-0.4, -0.2) is 18.4 Å². The molecular formula is C14H11ClFNO2. The molecule has 0 aliphatic heterocycles. The highest BCUT2D eigenvalue weighted by molar-refractivity contribution is 6.33. The van der Waals surface area contributed by atoms with Crippen molar-refractivity contribution in [2.45, 2.75) is 0 Å². The van der Waals surface area contributed by atoms with Crippen LogP contribution in [0, 0.1) is 5.82 Å². The van der Waals surface area contributed by atoms with Crippen LogP contribution in [0.3, 0.4) is 0 Å². The van der Waals surface area contributed by atoms with Gasteiger partial charge in [-0.1, -0.05) is 17.7 Å². The molecule has 0 radical (unpaired) electrons. The van der Waals surface area contributed by atoms with Gasteiger partial charge in [0.05, 0.1) is 17.8 Å². The van der Waals surface area contributed by atoms with Gasteiger partial charge in [-0.2, -0.15) is 0 Å². The maximum absolute atomic E-state index is 13.1. The maximum atomic E-state index is 13.1. The minimum Gasteiger partial charge on any atom is -0.504 e. The Morgan fingerprint density at radius 3 is 2.84 bits per heavy atom. The molecular weight excluding hydrogens is 269 g/mol. The zero-order chi connectivity index (χ0) is 13.8. The predicted octanol–water partition coefficient (Wildman–Crippen LogP) is 3.94. The number of aromatic hydroxyl groups is 1. The van der Waals surface area contributed by atoms with E-state index in [9.17, 15) is 9.50 Å². The lowest BCUT2D eigenvalue weighted by Gasteiger charge is -2.05. The van der Waals surface area contributed by atoms with Crippen LogP contribution in [0.4, 0.5) is 10.1 Å². The molecule has 3 nitrogen and oxygen atoms in total. The molecule has 2 aromatic rings. The number of methoxy groups -OCH3 is 1. The van der Waals surface area contributed by atoms with Gasteiger partial charge < -0.3 is 9.84 Å². The van der Waals surface area contributed by atoms with E-state index in [0.717, 1.165) is 0 Å². The van der Waals surface area contributed by atoms with E-state index in [2.05, 4.69) is 4.99 Å². The van der Waals surface area contributed by atoms with E-state index in [1.165, 1.54) is 31.5 Å². The number of aliphatic imine (C=N–C) groups is 1. The van der Waals surface area contributed by atoms with Gasteiger partial charge in [-0.15, -0.1) is 0 Å². The summed E-state index contributed by atoms with van der Waals surface area (Å²) in [6, 6.07) is 8.90. The molecule has 1 N–H and O–H groups in total. The second kappa shape index (κ2) is 5.71. The number of para-hydroxylation sites is 1. The third-order valence-electron chi connectivity index (χ3n) is 2.50. The molecule has 0 spiro atoms. The molecule has 0 aromatic heterocycles. The summed E-state index contributed by atoms with van der Waals surface area (Å²) in [4.78, 5) is 4.06. The van der Waals surface area contributed by atoms with E-state index in [0.29, 0.717) is 22.0 Å². The summed E-state index contributed by atoms with van der Waals surface area (Å²) in [6.07, 6.45) is 1.40. The predicted molar refractivity (Wildman–Crippen MR) is 73.3 cm³/mol. The fourth-order valence-electron chi connectivity index (χ4n) is 1.53. The molecule has 5 heteroatoms. The summed E-state index contributed by atoms with van der Waals surface area (Å²) < 4.78 is 18.1. The number of phenolic OH excluding ortho intramolecular Hbond substituents is 1. The number of nitrogens with zero attached hydrogens (tertiary/aromatic N) is 1. The van der Waals surface area contributed by atoms with E-state index < -0.39 is 5.82 Å². The Bertz CT molecular complexity index is 629. The lowest BCUT2D eigenvalue weighted by Crippen LogP contribution is -1.88. The van der Waals surface area contributed by atoms with Crippen molar-refractivity contribution in [1.29, 1.82) is 0 Å². The molecule has 0 heterocycles. The van der Waals surface area contributed by atoms with Crippen molar-refractivity contribution in [3.05, 3.63) is 52.8 Å². The first-order valence-electron chi connectivity index (χ1n) is 5.47. The number of benzene rings is 2. The Kier molecular flexibility index (Phi) is 4.02. The Morgan fingerprint density at radius 2 is 2.11 bits per heavy atom. The lowest BCUT2D eigenvalue weighted by atomic mass is 10.2. The number of ether oxygens (including phenoxy) is 1. The summed E-state index contributed by atoms with van der Waals surface area (Å²) in [5, 5.41) is 10.2. The zero-order valence-electron chi connectivity index (χ0n) is 10.1. The van der Waals surface area contributed by atoms with Crippen LogP contribution in [0.25, 0.3) is 0 Å². The fourth-order valence-corrected chi connectivity index (χ4v) is 1.70. The molecule has 2 rings (SSSR count). The van der Waals surface area contributed by atoms with E-state index in [1.807, 2.05) is 0 Å². The Labute approximate surface area is 114 Å². The molecule has 0 amide bonds. The van der Waals surface area contributed by atoms with Gasteiger partial charge in [0.15, 0.2) is 11.5 Å². The van der Waals surface area contributed by atoms with Gasteiger partial charge in [0.25, 0.3) is 0 Å². The third kappa shape index (κ3) is 3.03. The molecule has 2 aromatic carbocycles. The average molecular weight is 280 g/mol. The van der Waals surface area contributed by atoms with Crippen LogP contribution in [0.2, 0.25) is 5.02 Å². The second-order valence-electron chi connectivity index (χ2n) is 3.75. The van der Waals surface area contributed by atoms with E-state index in [-0.39, 0.29) is 5.75 Å². The Balaban J connectivity index is 2.35. The number of halogens is 2. The van der Waals surface area contributed by atoms with Gasteiger partial charge in [-0.25, -0.2) is 4.39 Å². The van der Waals surface area contributed by atoms with Crippen molar-refractivity contribution in [1.82, 2.24) is 0 Å². The fraction of sp³-hybridized carbons (Fsp3) is 0.0714. The van der Waals surface area contributed by atoms with Gasteiger partial charge in [0.2, 0.25) is 0 Å². The summed E-state index contributed by atoms with van der Waals surface area (Å²) >= 11 is 5.89. The first-order valence-corrected chi connectivity index (χ1v) is 5.84. The standard InChI is InChI=1S/C14H11ClFNO2/c1-19-13-4-2-3-9(14(13)18)8-17-12-7-10(16)5-6-11(12)15/h2-8,18H,1H3. The number of rotatable bonds is 3. The van der Waals surface area contributed by atoms with Crippen molar-refractivity contribution >= 4 is 23.5 Å². The Hall–Kier alpha value is -2.07. The molecule has 0 fully saturated rings. The zero-order valence-corrected chi connectivity index (χ0v) is 10.9. The lowest BCUT2D eigenvalue weighted by molar-refractivity contribution is 0.373. The van der Waals surface area contributed by atoms with Crippen molar-refractivity contribution in [2.75, 3.05) is 7.11 Å². The van der Waals surface area contributed by atoms with Crippen LogP contribution in [0.1, 0.15) is 5.56 Å². The van der Waals surface area contributed by atoms with Gasteiger partial charge in [0, 0.05) is 17.8 Å². The summed E-state index contributed by atoms with van der Waals surface area (Å²) in [7, 11) is 1.46. The molecule has 0 saturated carbocycles. The van der Waals surface area contributed by atoms with E-state index >= 15 is 0 Å². The summed E-state index contributed by atoms with van der Waals surface area (Å²) in [5.74, 6) is -0.109. The highest BCUT2D eigenvalue weighted by atomic mass is 35.5. The van der Waals surface area contributed by atoms with Crippen molar-refractivity contribution in [3.63, 3.8) is 0 Å². The molecule has 98 valence electrons. The molecule has 0 aliphatic carbocycles. The Morgan fingerprint density at radius 1 is 1.32 bits per heavy atom. The second-order valence-corrected chi connectivity index (χ2v) is 4.16. The smallest absolute Gasteiger partial charge is 0.166 e. The number of hydrogen-bond donors (Lipinski definition) is 1. The minimum atomic E-state index is -0.425. The van der Waals surface area contributed by atoms with E-state index in [1.54, 1.807) is 18.2 Å². The normalized spacial score (nSPS) is 10.9. The van der Waals surface area contributed by atoms with Crippen LogP contribution in [0.5, 0.6) is 11.5 Å². The first-order chi connectivity index (χ1) is 9.11. The largest absolute Gasteiger partial charge is 0.504 e. The highest BCUT2D eigenvalue weighted by Gasteiger charge is 2.05. The summed E-state index contributed by atoms with van der Waals surface area (Å²) in [5.41, 5.74) is 0.753. The third-order valence-corrected chi connectivity index (χ3v) is 2.82. The summed E-state index contributed by atoms with van der Waals surface area (Å²) in [6.45, 7) is 0. The van der Waals surface area contributed by atoms with E-state index in [4.69, 9.17) is 16.3 Å². The maximum Gasteiger partial charge on any atom is 0.166 e. The molecule has 0 aliphatic rings. The van der Waals surface area contributed by atoms with Crippen molar-refractivity contribution in [3.8, 4) is 11.5 Å². The van der Waals surface area contributed by atoms with Gasteiger partial charge in [0.1, 0.15) is 5.82 Å². The number of phenols is 1. The van der Waals surface area contributed by atoms with Gasteiger partial charge in [-0.05, 0) is 24.3 Å². The number of hydrogen-bond acceptors (Lipinski definition) is 3.